The maximum atomic E-state index is 12.4. The number of aromatic nitrogens is 1. The Bertz CT molecular complexity index is 867. The Labute approximate surface area is 151 Å². The molecule has 1 heterocycles. The molecule has 0 fully saturated rings. The normalized spacial score (nSPS) is 10.6. The first-order chi connectivity index (χ1) is 12.3. The SMILES string of the molecule is CCCn1c(C)cc(C(=O)COC(=O)c2cccc([N+](=O)[O-])c2C)c1C. The van der Waals surface area contributed by atoms with Crippen LogP contribution in [-0.2, 0) is 11.3 Å². The second-order valence-electron chi connectivity index (χ2n) is 6.14. The van der Waals surface area contributed by atoms with Crippen LogP contribution < -0.4 is 0 Å². The van der Waals surface area contributed by atoms with Crippen LogP contribution in [0.5, 0.6) is 0 Å². The highest BCUT2D eigenvalue weighted by molar-refractivity contribution is 6.00. The van der Waals surface area contributed by atoms with Gasteiger partial charge in [-0.25, -0.2) is 4.79 Å². The summed E-state index contributed by atoms with van der Waals surface area (Å²) in [4.78, 5) is 35.1. The minimum atomic E-state index is -0.748. The Kier molecular flexibility index (Phi) is 5.92. The first kappa shape index (κ1) is 19.4. The number of hydrogen-bond donors (Lipinski definition) is 0. The number of ketones is 1. The van der Waals surface area contributed by atoms with Crippen molar-refractivity contribution in [3.05, 3.63) is 62.5 Å². The van der Waals surface area contributed by atoms with Crippen molar-refractivity contribution in [3.8, 4) is 0 Å². The zero-order valence-corrected chi connectivity index (χ0v) is 15.4. The van der Waals surface area contributed by atoms with Crippen LogP contribution in [-0.4, -0.2) is 27.8 Å². The van der Waals surface area contributed by atoms with Crippen LogP contribution in [0.15, 0.2) is 24.3 Å². The summed E-state index contributed by atoms with van der Waals surface area (Å²) in [6.07, 6.45) is 0.949. The fourth-order valence-electron chi connectivity index (χ4n) is 2.98. The molecule has 1 aromatic carbocycles. The number of carbonyl (C=O) groups is 2. The van der Waals surface area contributed by atoms with Gasteiger partial charge in [0.15, 0.2) is 6.61 Å². The number of nitrogens with zero attached hydrogens (tertiary/aromatic N) is 2. The van der Waals surface area contributed by atoms with Crippen LogP contribution in [0.2, 0.25) is 0 Å². The molecule has 2 rings (SSSR count). The van der Waals surface area contributed by atoms with E-state index in [9.17, 15) is 19.7 Å². The highest BCUT2D eigenvalue weighted by Gasteiger charge is 2.21. The molecular formula is C19H22N2O5. The number of hydrogen-bond acceptors (Lipinski definition) is 5. The summed E-state index contributed by atoms with van der Waals surface area (Å²) in [6, 6.07) is 5.98. The third kappa shape index (κ3) is 3.82. The Morgan fingerprint density at radius 3 is 2.50 bits per heavy atom. The summed E-state index contributed by atoms with van der Waals surface area (Å²) in [6.45, 7) is 7.74. The third-order valence-corrected chi connectivity index (χ3v) is 4.38. The molecule has 0 amide bonds. The molecule has 0 unspecified atom stereocenters. The summed E-state index contributed by atoms with van der Waals surface area (Å²) in [5.74, 6) is -1.04. The van der Waals surface area contributed by atoms with Gasteiger partial charge in [-0.1, -0.05) is 13.0 Å². The lowest BCUT2D eigenvalue weighted by Gasteiger charge is -2.09. The van der Waals surface area contributed by atoms with Gasteiger partial charge in [0.1, 0.15) is 0 Å². The lowest BCUT2D eigenvalue weighted by Crippen LogP contribution is -2.16. The fourth-order valence-corrected chi connectivity index (χ4v) is 2.98. The van der Waals surface area contributed by atoms with Gasteiger partial charge in [-0.2, -0.15) is 0 Å². The lowest BCUT2D eigenvalue weighted by molar-refractivity contribution is -0.385. The van der Waals surface area contributed by atoms with Crippen LogP contribution in [0.1, 0.15) is 51.0 Å². The summed E-state index contributed by atoms with van der Waals surface area (Å²) < 4.78 is 7.16. The number of esters is 1. The van der Waals surface area contributed by atoms with E-state index in [-0.39, 0.29) is 22.6 Å². The number of benzene rings is 1. The van der Waals surface area contributed by atoms with E-state index in [2.05, 4.69) is 11.5 Å². The minimum Gasteiger partial charge on any atom is -0.454 e. The van der Waals surface area contributed by atoms with Crippen molar-refractivity contribution >= 4 is 17.4 Å². The fraction of sp³-hybridized carbons (Fsp3) is 0.368. The first-order valence-corrected chi connectivity index (χ1v) is 8.39. The van der Waals surface area contributed by atoms with E-state index in [1.807, 2.05) is 13.8 Å². The molecule has 0 N–H and O–H groups in total. The largest absolute Gasteiger partial charge is 0.454 e. The molecule has 0 saturated heterocycles. The zero-order chi connectivity index (χ0) is 19.4. The van der Waals surface area contributed by atoms with Gasteiger partial charge in [0.2, 0.25) is 5.78 Å². The second-order valence-corrected chi connectivity index (χ2v) is 6.14. The van der Waals surface area contributed by atoms with Crippen molar-refractivity contribution in [2.24, 2.45) is 0 Å². The lowest BCUT2D eigenvalue weighted by atomic mass is 10.1. The van der Waals surface area contributed by atoms with Gasteiger partial charge >= 0.3 is 5.97 Å². The molecule has 2 aromatic rings. The molecule has 26 heavy (non-hydrogen) atoms. The number of Topliss-reactive ketones (excluding diaryl/α,β-unsaturated/α-hetero) is 1. The van der Waals surface area contributed by atoms with E-state index in [4.69, 9.17) is 4.74 Å². The molecule has 7 heteroatoms. The van der Waals surface area contributed by atoms with Gasteiger partial charge in [0.05, 0.1) is 10.5 Å². The van der Waals surface area contributed by atoms with E-state index in [0.717, 1.165) is 24.4 Å². The number of nitro groups is 1. The summed E-state index contributed by atoms with van der Waals surface area (Å²) in [7, 11) is 0. The highest BCUT2D eigenvalue weighted by Crippen LogP contribution is 2.22. The Morgan fingerprint density at radius 2 is 1.88 bits per heavy atom. The maximum absolute atomic E-state index is 12.4. The van der Waals surface area contributed by atoms with Crippen molar-refractivity contribution in [1.82, 2.24) is 4.57 Å². The number of carbonyl (C=O) groups excluding carboxylic acids is 2. The molecule has 0 radical (unpaired) electrons. The van der Waals surface area contributed by atoms with Gasteiger partial charge in [-0.15, -0.1) is 0 Å². The van der Waals surface area contributed by atoms with Crippen LogP contribution in [0.3, 0.4) is 0 Å². The van der Waals surface area contributed by atoms with Crippen molar-refractivity contribution in [1.29, 1.82) is 0 Å². The summed E-state index contributed by atoms with van der Waals surface area (Å²) in [5, 5.41) is 11.0. The second kappa shape index (κ2) is 7.95. The van der Waals surface area contributed by atoms with Gasteiger partial charge in [-0.05, 0) is 39.3 Å². The Hall–Kier alpha value is -2.96. The van der Waals surface area contributed by atoms with Gasteiger partial charge in [0, 0.05) is 35.1 Å². The standard InChI is InChI=1S/C19H22N2O5/c1-5-9-20-12(2)10-16(14(20)4)18(22)11-26-19(23)15-7-6-8-17(13(15)3)21(24)25/h6-8,10H,5,9,11H2,1-4H3. The quantitative estimate of drug-likeness (QED) is 0.325. The van der Waals surface area contributed by atoms with Gasteiger partial charge < -0.3 is 9.30 Å². The molecule has 0 spiro atoms. The predicted octanol–water partition coefficient (Wildman–Crippen LogP) is 3.77. The monoisotopic (exact) mass is 358 g/mol. The summed E-state index contributed by atoms with van der Waals surface area (Å²) >= 11 is 0. The van der Waals surface area contributed by atoms with E-state index in [0.29, 0.717) is 5.56 Å². The smallest absolute Gasteiger partial charge is 0.339 e. The molecule has 7 nitrogen and oxygen atoms in total. The highest BCUT2D eigenvalue weighted by atomic mass is 16.6. The topological polar surface area (TPSA) is 91.4 Å². The summed E-state index contributed by atoms with van der Waals surface area (Å²) in [5.41, 5.74) is 2.50. The van der Waals surface area contributed by atoms with Crippen LogP contribution in [0, 0.1) is 30.9 Å². The van der Waals surface area contributed by atoms with E-state index >= 15 is 0 Å². The number of nitro benzene ring substituents is 1. The van der Waals surface area contributed by atoms with Crippen molar-refractivity contribution in [3.63, 3.8) is 0 Å². The number of rotatable bonds is 7. The molecule has 138 valence electrons. The zero-order valence-electron chi connectivity index (χ0n) is 15.4. The Morgan fingerprint density at radius 1 is 1.19 bits per heavy atom. The molecule has 0 bridgehead atoms. The number of ether oxygens (including phenoxy) is 1. The van der Waals surface area contributed by atoms with E-state index < -0.39 is 17.5 Å². The molecule has 1 aromatic heterocycles. The van der Waals surface area contributed by atoms with Crippen LogP contribution in [0.25, 0.3) is 0 Å². The van der Waals surface area contributed by atoms with Gasteiger partial charge in [0.25, 0.3) is 5.69 Å². The molecule has 0 atom stereocenters. The maximum Gasteiger partial charge on any atom is 0.339 e. The van der Waals surface area contributed by atoms with Gasteiger partial charge in [-0.3, -0.25) is 14.9 Å². The molecular weight excluding hydrogens is 336 g/mol. The van der Waals surface area contributed by atoms with Crippen LogP contribution >= 0.6 is 0 Å². The van der Waals surface area contributed by atoms with Crippen molar-refractivity contribution < 1.29 is 19.2 Å². The Balaban J connectivity index is 2.13. The molecule has 0 saturated carbocycles. The van der Waals surface area contributed by atoms with Crippen LogP contribution in [0.4, 0.5) is 5.69 Å². The average Bonchev–Trinajstić information content (AvgIpc) is 2.88. The van der Waals surface area contributed by atoms with E-state index in [1.54, 1.807) is 6.07 Å². The third-order valence-electron chi connectivity index (χ3n) is 4.38. The first-order valence-electron chi connectivity index (χ1n) is 8.39. The molecule has 0 aliphatic carbocycles. The van der Waals surface area contributed by atoms with Crippen molar-refractivity contribution in [2.45, 2.75) is 40.7 Å². The van der Waals surface area contributed by atoms with Crippen molar-refractivity contribution in [2.75, 3.05) is 6.61 Å². The molecule has 0 aliphatic heterocycles. The van der Waals surface area contributed by atoms with E-state index in [1.165, 1.54) is 25.1 Å². The predicted molar refractivity (Wildman–Crippen MR) is 96.6 cm³/mol. The number of aryl methyl sites for hydroxylation is 1. The average molecular weight is 358 g/mol. The molecule has 0 aliphatic rings. The minimum absolute atomic E-state index is 0.0865.